The molecule has 0 unspecified atom stereocenters. The standard InChI is InChI=1S/C12H16N2O/c1-7-6-10-8(2)9(3)13-12(15-5)11(10)14(7)4/h6H,1-5H3. The second kappa shape index (κ2) is 3.26. The summed E-state index contributed by atoms with van der Waals surface area (Å²) in [6.45, 7) is 6.21. The Morgan fingerprint density at radius 2 is 1.93 bits per heavy atom. The number of nitrogens with zero attached hydrogens (tertiary/aromatic N) is 2. The third kappa shape index (κ3) is 1.30. The van der Waals surface area contributed by atoms with E-state index >= 15 is 0 Å². The van der Waals surface area contributed by atoms with Gasteiger partial charge in [0.05, 0.1) is 7.11 Å². The van der Waals surface area contributed by atoms with Crippen LogP contribution in [-0.4, -0.2) is 16.7 Å². The lowest BCUT2D eigenvalue weighted by Crippen LogP contribution is -1.98. The molecule has 2 aromatic rings. The summed E-state index contributed by atoms with van der Waals surface area (Å²) in [5.74, 6) is 0.712. The molecule has 0 atom stereocenters. The summed E-state index contributed by atoms with van der Waals surface area (Å²) in [6.07, 6.45) is 0. The smallest absolute Gasteiger partial charge is 0.238 e. The normalized spacial score (nSPS) is 11.0. The van der Waals surface area contributed by atoms with Crippen LogP contribution >= 0.6 is 0 Å². The fourth-order valence-electron chi connectivity index (χ4n) is 1.90. The molecule has 0 N–H and O–H groups in total. The highest BCUT2D eigenvalue weighted by molar-refractivity contribution is 5.88. The van der Waals surface area contributed by atoms with Gasteiger partial charge in [-0.25, -0.2) is 4.98 Å². The number of rotatable bonds is 1. The third-order valence-electron chi connectivity index (χ3n) is 3.08. The second-order valence-corrected chi connectivity index (χ2v) is 3.94. The number of fused-ring (bicyclic) bond motifs is 1. The predicted octanol–water partition coefficient (Wildman–Crippen LogP) is 2.51. The molecule has 0 amide bonds. The number of methoxy groups -OCH3 is 1. The molecule has 80 valence electrons. The summed E-state index contributed by atoms with van der Waals surface area (Å²) < 4.78 is 7.44. The molecule has 0 saturated heterocycles. The summed E-state index contributed by atoms with van der Waals surface area (Å²) in [4.78, 5) is 4.45. The Bertz CT molecular complexity index is 526. The predicted molar refractivity (Wildman–Crippen MR) is 61.5 cm³/mol. The fourth-order valence-corrected chi connectivity index (χ4v) is 1.90. The molecule has 0 bridgehead atoms. The Balaban J connectivity index is 2.96. The molecular weight excluding hydrogens is 188 g/mol. The highest BCUT2D eigenvalue weighted by Crippen LogP contribution is 2.30. The molecule has 2 rings (SSSR count). The van der Waals surface area contributed by atoms with E-state index in [0.29, 0.717) is 5.88 Å². The molecule has 15 heavy (non-hydrogen) atoms. The van der Waals surface area contributed by atoms with Gasteiger partial charge in [0.2, 0.25) is 5.88 Å². The van der Waals surface area contributed by atoms with E-state index < -0.39 is 0 Å². The summed E-state index contributed by atoms with van der Waals surface area (Å²) in [5.41, 5.74) is 4.57. The van der Waals surface area contributed by atoms with Crippen molar-refractivity contribution in [1.82, 2.24) is 9.55 Å². The molecule has 3 heteroatoms. The summed E-state index contributed by atoms with van der Waals surface area (Å²) in [7, 11) is 3.70. The van der Waals surface area contributed by atoms with Crippen molar-refractivity contribution in [1.29, 1.82) is 0 Å². The molecule has 0 aromatic carbocycles. The van der Waals surface area contributed by atoms with Crippen molar-refractivity contribution in [3.05, 3.63) is 23.0 Å². The maximum absolute atomic E-state index is 5.33. The van der Waals surface area contributed by atoms with E-state index in [1.54, 1.807) is 7.11 Å². The van der Waals surface area contributed by atoms with Crippen molar-refractivity contribution in [3.63, 3.8) is 0 Å². The van der Waals surface area contributed by atoms with Gasteiger partial charge in [-0.3, -0.25) is 0 Å². The number of pyridine rings is 1. The Hall–Kier alpha value is -1.51. The van der Waals surface area contributed by atoms with E-state index in [0.717, 1.165) is 11.2 Å². The number of aromatic nitrogens is 2. The molecule has 0 saturated carbocycles. The van der Waals surface area contributed by atoms with Crippen LogP contribution in [-0.2, 0) is 7.05 Å². The van der Waals surface area contributed by atoms with Gasteiger partial charge in [-0.2, -0.15) is 0 Å². The fraction of sp³-hybridized carbons (Fsp3) is 0.417. The minimum absolute atomic E-state index is 0.712. The summed E-state index contributed by atoms with van der Waals surface area (Å²) in [6, 6.07) is 2.18. The largest absolute Gasteiger partial charge is 0.479 e. The summed E-state index contributed by atoms with van der Waals surface area (Å²) >= 11 is 0. The number of aryl methyl sites for hydroxylation is 4. The van der Waals surface area contributed by atoms with E-state index in [1.807, 2.05) is 14.0 Å². The average molecular weight is 204 g/mol. The molecule has 2 aromatic heterocycles. The van der Waals surface area contributed by atoms with Crippen molar-refractivity contribution in [3.8, 4) is 5.88 Å². The Labute approximate surface area is 89.7 Å². The molecule has 0 spiro atoms. The van der Waals surface area contributed by atoms with Crippen LogP contribution in [0.2, 0.25) is 0 Å². The molecule has 3 nitrogen and oxygen atoms in total. The summed E-state index contributed by atoms with van der Waals surface area (Å²) in [5, 5.41) is 1.24. The van der Waals surface area contributed by atoms with Crippen LogP contribution in [0.25, 0.3) is 10.9 Å². The van der Waals surface area contributed by atoms with Gasteiger partial charge >= 0.3 is 0 Å². The molecule has 0 fully saturated rings. The first kappa shape index (κ1) is 10.0. The molecular formula is C12H16N2O. The lowest BCUT2D eigenvalue weighted by Gasteiger charge is -2.08. The third-order valence-corrected chi connectivity index (χ3v) is 3.08. The first-order chi connectivity index (χ1) is 7.06. The van der Waals surface area contributed by atoms with Gasteiger partial charge in [0.1, 0.15) is 5.52 Å². The number of ether oxygens (including phenoxy) is 1. The van der Waals surface area contributed by atoms with Crippen LogP contribution in [0.5, 0.6) is 5.88 Å². The number of hydrogen-bond acceptors (Lipinski definition) is 2. The first-order valence-electron chi connectivity index (χ1n) is 5.03. The lowest BCUT2D eigenvalue weighted by atomic mass is 10.1. The Morgan fingerprint density at radius 3 is 2.53 bits per heavy atom. The quantitative estimate of drug-likeness (QED) is 0.713. The van der Waals surface area contributed by atoms with E-state index in [4.69, 9.17) is 4.74 Å². The molecule has 0 aliphatic carbocycles. The van der Waals surface area contributed by atoms with E-state index in [2.05, 4.69) is 29.5 Å². The molecule has 0 aliphatic rings. The van der Waals surface area contributed by atoms with Gasteiger partial charge in [0.15, 0.2) is 0 Å². The minimum atomic E-state index is 0.712. The molecule has 2 heterocycles. The monoisotopic (exact) mass is 204 g/mol. The minimum Gasteiger partial charge on any atom is -0.479 e. The van der Waals surface area contributed by atoms with E-state index in [1.165, 1.54) is 16.6 Å². The van der Waals surface area contributed by atoms with Crippen molar-refractivity contribution in [2.45, 2.75) is 20.8 Å². The zero-order valence-electron chi connectivity index (χ0n) is 9.88. The maximum Gasteiger partial charge on any atom is 0.238 e. The first-order valence-corrected chi connectivity index (χ1v) is 5.03. The lowest BCUT2D eigenvalue weighted by molar-refractivity contribution is 0.400. The van der Waals surface area contributed by atoms with E-state index in [9.17, 15) is 0 Å². The van der Waals surface area contributed by atoms with Gasteiger partial charge in [-0.15, -0.1) is 0 Å². The zero-order chi connectivity index (χ0) is 11.2. The van der Waals surface area contributed by atoms with Crippen LogP contribution in [0.4, 0.5) is 0 Å². The van der Waals surface area contributed by atoms with E-state index in [-0.39, 0.29) is 0 Å². The van der Waals surface area contributed by atoms with Crippen LogP contribution in [0.3, 0.4) is 0 Å². The zero-order valence-corrected chi connectivity index (χ0v) is 9.88. The van der Waals surface area contributed by atoms with Crippen LogP contribution in [0, 0.1) is 20.8 Å². The number of hydrogen-bond donors (Lipinski definition) is 0. The van der Waals surface area contributed by atoms with Crippen LogP contribution in [0.15, 0.2) is 6.07 Å². The highest BCUT2D eigenvalue weighted by atomic mass is 16.5. The average Bonchev–Trinajstić information content (AvgIpc) is 2.50. The van der Waals surface area contributed by atoms with Gasteiger partial charge in [0.25, 0.3) is 0 Å². The SMILES string of the molecule is COc1nc(C)c(C)c2cc(C)n(C)c12. The second-order valence-electron chi connectivity index (χ2n) is 3.94. The van der Waals surface area contributed by atoms with Gasteiger partial charge in [-0.1, -0.05) is 0 Å². The van der Waals surface area contributed by atoms with Crippen LogP contribution < -0.4 is 4.74 Å². The van der Waals surface area contributed by atoms with Crippen molar-refractivity contribution in [2.75, 3.05) is 7.11 Å². The van der Waals surface area contributed by atoms with Gasteiger partial charge in [-0.05, 0) is 32.4 Å². The van der Waals surface area contributed by atoms with Crippen molar-refractivity contribution < 1.29 is 4.74 Å². The van der Waals surface area contributed by atoms with Crippen molar-refractivity contribution in [2.24, 2.45) is 7.05 Å². The topological polar surface area (TPSA) is 27.1 Å². The highest BCUT2D eigenvalue weighted by Gasteiger charge is 2.13. The van der Waals surface area contributed by atoms with Gasteiger partial charge < -0.3 is 9.30 Å². The molecule has 0 aliphatic heterocycles. The van der Waals surface area contributed by atoms with Gasteiger partial charge in [0, 0.05) is 23.8 Å². The maximum atomic E-state index is 5.33. The Kier molecular flexibility index (Phi) is 2.18. The van der Waals surface area contributed by atoms with Crippen LogP contribution in [0.1, 0.15) is 17.0 Å². The van der Waals surface area contributed by atoms with Crippen molar-refractivity contribution >= 4 is 10.9 Å². The Morgan fingerprint density at radius 1 is 1.27 bits per heavy atom. The molecule has 0 radical (unpaired) electrons.